The number of carbonyl (C=O) groups excluding carboxylic acids is 1. The quantitative estimate of drug-likeness (QED) is 0.628. The van der Waals surface area contributed by atoms with Crippen LogP contribution in [-0.4, -0.2) is 37.1 Å². The van der Waals surface area contributed by atoms with Crippen LogP contribution in [0.2, 0.25) is 0 Å². The second-order valence-electron chi connectivity index (χ2n) is 7.10. The van der Waals surface area contributed by atoms with Crippen molar-refractivity contribution in [3.05, 3.63) is 77.1 Å². The van der Waals surface area contributed by atoms with Crippen molar-refractivity contribution >= 4 is 11.5 Å². The van der Waals surface area contributed by atoms with Gasteiger partial charge in [-0.05, 0) is 61.6 Å². The molecule has 1 aliphatic heterocycles. The highest BCUT2D eigenvalue weighted by molar-refractivity contribution is 5.82. The summed E-state index contributed by atoms with van der Waals surface area (Å²) in [6, 6.07) is 17.2. The Bertz CT molecular complexity index is 789. The number of hydrogen-bond donors (Lipinski definition) is 0. The first-order chi connectivity index (χ1) is 13.7. The number of esters is 1. The summed E-state index contributed by atoms with van der Waals surface area (Å²) >= 11 is 0. The molecule has 3 rings (SSSR count). The maximum atomic E-state index is 13.4. The molecule has 0 saturated carbocycles. The maximum Gasteiger partial charge on any atom is 0.305 e. The van der Waals surface area contributed by atoms with Gasteiger partial charge in [0.05, 0.1) is 6.61 Å². The molecule has 0 unspecified atom stereocenters. The van der Waals surface area contributed by atoms with Crippen molar-refractivity contribution in [3.8, 4) is 0 Å². The first-order valence-corrected chi connectivity index (χ1v) is 10.1. The Morgan fingerprint density at radius 3 is 2.29 bits per heavy atom. The standard InChI is InChI=1S/C24H28FNO2/c1-2-28-23(27)9-6-16-26-17-14-21(15-18-26)24(19-7-4-3-5-8-19)20-10-12-22(25)13-11-20/h3-5,7-8,10-13H,2,6,9,14-18H2,1H3. The van der Waals surface area contributed by atoms with E-state index in [1.807, 2.05) is 37.3 Å². The van der Waals surface area contributed by atoms with Gasteiger partial charge in [-0.15, -0.1) is 0 Å². The van der Waals surface area contributed by atoms with Gasteiger partial charge in [-0.1, -0.05) is 48.0 Å². The van der Waals surface area contributed by atoms with Crippen molar-refractivity contribution in [2.24, 2.45) is 0 Å². The summed E-state index contributed by atoms with van der Waals surface area (Å²) in [4.78, 5) is 13.9. The molecule has 0 atom stereocenters. The van der Waals surface area contributed by atoms with E-state index in [1.54, 1.807) is 0 Å². The minimum atomic E-state index is -0.211. The number of nitrogens with zero attached hydrogens (tertiary/aromatic N) is 1. The van der Waals surface area contributed by atoms with E-state index in [9.17, 15) is 9.18 Å². The molecule has 1 aliphatic rings. The van der Waals surface area contributed by atoms with Crippen LogP contribution in [0.1, 0.15) is 43.7 Å². The van der Waals surface area contributed by atoms with Gasteiger partial charge in [-0.2, -0.15) is 0 Å². The van der Waals surface area contributed by atoms with Crippen LogP contribution in [0.5, 0.6) is 0 Å². The monoisotopic (exact) mass is 381 g/mol. The third kappa shape index (κ3) is 5.52. The van der Waals surface area contributed by atoms with Crippen LogP contribution in [0.25, 0.3) is 5.57 Å². The zero-order valence-corrected chi connectivity index (χ0v) is 16.5. The first-order valence-electron chi connectivity index (χ1n) is 10.1. The van der Waals surface area contributed by atoms with Crippen molar-refractivity contribution in [3.63, 3.8) is 0 Å². The molecule has 0 amide bonds. The Balaban J connectivity index is 1.69. The molecule has 2 aromatic carbocycles. The summed E-state index contributed by atoms with van der Waals surface area (Å²) in [5.41, 5.74) is 4.89. The molecule has 1 heterocycles. The number of hydrogen-bond acceptors (Lipinski definition) is 3. The van der Waals surface area contributed by atoms with Gasteiger partial charge < -0.3 is 9.64 Å². The second-order valence-corrected chi connectivity index (χ2v) is 7.10. The van der Waals surface area contributed by atoms with E-state index in [0.29, 0.717) is 13.0 Å². The number of halogens is 1. The Kier molecular flexibility index (Phi) is 7.38. The van der Waals surface area contributed by atoms with Gasteiger partial charge >= 0.3 is 5.97 Å². The predicted molar refractivity (Wildman–Crippen MR) is 110 cm³/mol. The molecule has 28 heavy (non-hydrogen) atoms. The highest BCUT2D eigenvalue weighted by atomic mass is 19.1. The fourth-order valence-corrected chi connectivity index (χ4v) is 3.77. The molecule has 0 N–H and O–H groups in total. The SMILES string of the molecule is CCOC(=O)CCCN1CCC(=C(c2ccccc2)c2ccc(F)cc2)CC1. The van der Waals surface area contributed by atoms with E-state index in [0.717, 1.165) is 44.5 Å². The van der Waals surface area contributed by atoms with Crippen molar-refractivity contribution in [2.75, 3.05) is 26.2 Å². The molecule has 0 bridgehead atoms. The maximum absolute atomic E-state index is 13.4. The van der Waals surface area contributed by atoms with E-state index in [4.69, 9.17) is 4.74 Å². The summed E-state index contributed by atoms with van der Waals surface area (Å²) in [7, 11) is 0. The molecule has 4 heteroatoms. The normalized spacial score (nSPS) is 14.7. The van der Waals surface area contributed by atoms with Crippen molar-refractivity contribution in [1.82, 2.24) is 4.90 Å². The average Bonchev–Trinajstić information content (AvgIpc) is 2.72. The van der Waals surface area contributed by atoms with Gasteiger partial charge in [0.25, 0.3) is 0 Å². The highest BCUT2D eigenvalue weighted by Crippen LogP contribution is 2.32. The fourth-order valence-electron chi connectivity index (χ4n) is 3.77. The Hall–Kier alpha value is -2.46. The lowest BCUT2D eigenvalue weighted by molar-refractivity contribution is -0.143. The van der Waals surface area contributed by atoms with Crippen LogP contribution in [0.3, 0.4) is 0 Å². The summed E-state index contributed by atoms with van der Waals surface area (Å²) in [6.07, 6.45) is 3.29. The molecule has 2 aromatic rings. The zero-order chi connectivity index (χ0) is 19.8. The molecule has 148 valence electrons. The number of rotatable bonds is 7. The summed E-state index contributed by atoms with van der Waals surface area (Å²) < 4.78 is 18.4. The van der Waals surface area contributed by atoms with Crippen LogP contribution in [-0.2, 0) is 9.53 Å². The van der Waals surface area contributed by atoms with Crippen LogP contribution < -0.4 is 0 Å². The molecular weight excluding hydrogens is 353 g/mol. The number of carbonyl (C=O) groups is 1. The van der Waals surface area contributed by atoms with E-state index in [1.165, 1.54) is 28.8 Å². The molecule has 3 nitrogen and oxygen atoms in total. The smallest absolute Gasteiger partial charge is 0.305 e. The van der Waals surface area contributed by atoms with Gasteiger partial charge in [0, 0.05) is 19.5 Å². The van der Waals surface area contributed by atoms with E-state index >= 15 is 0 Å². The third-order valence-corrected chi connectivity index (χ3v) is 5.17. The highest BCUT2D eigenvalue weighted by Gasteiger charge is 2.19. The number of piperidine rings is 1. The van der Waals surface area contributed by atoms with Crippen LogP contribution in [0.15, 0.2) is 60.2 Å². The van der Waals surface area contributed by atoms with Crippen molar-refractivity contribution in [1.29, 1.82) is 0 Å². The lowest BCUT2D eigenvalue weighted by Crippen LogP contribution is -2.32. The predicted octanol–water partition coefficient (Wildman–Crippen LogP) is 5.07. The van der Waals surface area contributed by atoms with Crippen LogP contribution in [0.4, 0.5) is 4.39 Å². The first kappa shape index (κ1) is 20.3. The van der Waals surface area contributed by atoms with E-state index < -0.39 is 0 Å². The molecule has 1 saturated heterocycles. The van der Waals surface area contributed by atoms with E-state index in [2.05, 4.69) is 17.0 Å². The lowest BCUT2D eigenvalue weighted by Gasteiger charge is -2.30. The zero-order valence-electron chi connectivity index (χ0n) is 16.5. The van der Waals surface area contributed by atoms with Gasteiger partial charge in [0.2, 0.25) is 0 Å². The Labute approximate surface area is 166 Å². The molecule has 0 aliphatic carbocycles. The number of benzene rings is 2. The van der Waals surface area contributed by atoms with E-state index in [-0.39, 0.29) is 11.8 Å². The number of likely N-dealkylation sites (tertiary alicyclic amines) is 1. The van der Waals surface area contributed by atoms with Crippen molar-refractivity contribution in [2.45, 2.75) is 32.6 Å². The molecule has 0 aromatic heterocycles. The van der Waals surface area contributed by atoms with Gasteiger partial charge in [-0.25, -0.2) is 4.39 Å². The summed E-state index contributed by atoms with van der Waals surface area (Å²) in [6.45, 7) is 5.17. The lowest BCUT2D eigenvalue weighted by atomic mass is 9.88. The largest absolute Gasteiger partial charge is 0.466 e. The van der Waals surface area contributed by atoms with Gasteiger partial charge in [-0.3, -0.25) is 4.79 Å². The molecule has 0 spiro atoms. The topological polar surface area (TPSA) is 29.5 Å². The van der Waals surface area contributed by atoms with Gasteiger partial charge in [0.1, 0.15) is 5.82 Å². The van der Waals surface area contributed by atoms with Crippen LogP contribution >= 0.6 is 0 Å². The molecular formula is C24H28FNO2. The second kappa shape index (κ2) is 10.2. The minimum absolute atomic E-state index is 0.109. The molecule has 0 radical (unpaired) electrons. The Morgan fingerprint density at radius 2 is 1.64 bits per heavy atom. The summed E-state index contributed by atoms with van der Waals surface area (Å²) in [5, 5.41) is 0. The molecule has 1 fully saturated rings. The minimum Gasteiger partial charge on any atom is -0.466 e. The van der Waals surface area contributed by atoms with Crippen molar-refractivity contribution < 1.29 is 13.9 Å². The fraction of sp³-hybridized carbons (Fsp3) is 0.375. The third-order valence-electron chi connectivity index (χ3n) is 5.17. The van der Waals surface area contributed by atoms with Crippen LogP contribution in [0, 0.1) is 5.82 Å². The Morgan fingerprint density at radius 1 is 1.00 bits per heavy atom. The summed E-state index contributed by atoms with van der Waals surface area (Å²) in [5.74, 6) is -0.319. The van der Waals surface area contributed by atoms with Gasteiger partial charge in [0.15, 0.2) is 0 Å². The number of ether oxygens (including phenoxy) is 1. The average molecular weight is 381 g/mol.